The third-order valence-corrected chi connectivity index (χ3v) is 5.36. The lowest BCUT2D eigenvalue weighted by molar-refractivity contribution is 0.133. The van der Waals surface area contributed by atoms with Crippen LogP contribution in [0.1, 0.15) is 56.9 Å². The second-order valence-electron chi connectivity index (χ2n) is 6.68. The molecule has 114 valence electrons. The second-order valence-corrected chi connectivity index (χ2v) is 6.68. The van der Waals surface area contributed by atoms with Crippen molar-refractivity contribution < 1.29 is 4.79 Å². The number of amides is 2. The molecule has 2 N–H and O–H groups in total. The molecule has 0 heterocycles. The normalized spacial score (nSPS) is 23.9. The van der Waals surface area contributed by atoms with E-state index in [1.54, 1.807) is 0 Å². The Labute approximate surface area is 127 Å². The number of hydrogen-bond donors (Lipinski definition) is 2. The first-order chi connectivity index (χ1) is 10.3. The van der Waals surface area contributed by atoms with Crippen LogP contribution in [0.15, 0.2) is 30.3 Å². The number of hydrogen-bond acceptors (Lipinski definition) is 1. The van der Waals surface area contributed by atoms with Gasteiger partial charge in [0.15, 0.2) is 0 Å². The molecule has 1 spiro atoms. The Morgan fingerprint density at radius 2 is 1.71 bits per heavy atom. The lowest BCUT2D eigenvalue weighted by Gasteiger charge is -2.42. The van der Waals surface area contributed by atoms with Gasteiger partial charge in [-0.3, -0.25) is 0 Å². The van der Waals surface area contributed by atoms with Crippen LogP contribution < -0.4 is 10.6 Å². The first-order valence-corrected chi connectivity index (χ1v) is 8.37. The zero-order valence-corrected chi connectivity index (χ0v) is 12.7. The number of urea groups is 1. The van der Waals surface area contributed by atoms with Gasteiger partial charge in [0.25, 0.3) is 0 Å². The van der Waals surface area contributed by atoms with Gasteiger partial charge in [-0.25, -0.2) is 4.79 Å². The maximum absolute atomic E-state index is 12.2. The zero-order chi connectivity index (χ0) is 14.5. The van der Waals surface area contributed by atoms with Gasteiger partial charge < -0.3 is 10.6 Å². The summed E-state index contributed by atoms with van der Waals surface area (Å²) in [5.74, 6) is 0. The summed E-state index contributed by atoms with van der Waals surface area (Å²) in [6.07, 6.45) is 10.3. The van der Waals surface area contributed by atoms with Gasteiger partial charge in [-0.15, -0.1) is 0 Å². The van der Waals surface area contributed by atoms with Gasteiger partial charge >= 0.3 is 6.03 Å². The van der Waals surface area contributed by atoms with Crippen molar-refractivity contribution in [3.8, 4) is 0 Å². The molecule has 0 radical (unpaired) electrons. The SMILES string of the molecule is O=C(NCc1ccccc1)NC1CCCCC12CCCC2. The van der Waals surface area contributed by atoms with Crippen LogP contribution in [0.2, 0.25) is 0 Å². The highest BCUT2D eigenvalue weighted by Crippen LogP contribution is 2.48. The van der Waals surface area contributed by atoms with Crippen LogP contribution in [0.5, 0.6) is 0 Å². The van der Waals surface area contributed by atoms with E-state index in [1.807, 2.05) is 30.3 Å². The second kappa shape index (κ2) is 6.50. The Morgan fingerprint density at radius 1 is 1.05 bits per heavy atom. The van der Waals surface area contributed by atoms with Crippen molar-refractivity contribution in [2.24, 2.45) is 5.41 Å². The van der Waals surface area contributed by atoms with Gasteiger partial charge in [0.05, 0.1) is 0 Å². The third kappa shape index (κ3) is 3.39. The van der Waals surface area contributed by atoms with Gasteiger partial charge in [0.2, 0.25) is 0 Å². The van der Waals surface area contributed by atoms with Crippen LogP contribution in [0.3, 0.4) is 0 Å². The van der Waals surface area contributed by atoms with E-state index in [1.165, 1.54) is 44.9 Å². The van der Waals surface area contributed by atoms with E-state index in [-0.39, 0.29) is 6.03 Å². The van der Waals surface area contributed by atoms with Crippen LogP contribution in [-0.2, 0) is 6.54 Å². The van der Waals surface area contributed by atoms with E-state index in [9.17, 15) is 4.79 Å². The molecule has 3 rings (SSSR count). The highest BCUT2D eigenvalue weighted by atomic mass is 16.2. The van der Waals surface area contributed by atoms with Crippen LogP contribution >= 0.6 is 0 Å². The molecule has 1 unspecified atom stereocenters. The van der Waals surface area contributed by atoms with Gasteiger partial charge in [0, 0.05) is 12.6 Å². The summed E-state index contributed by atoms with van der Waals surface area (Å²) < 4.78 is 0. The quantitative estimate of drug-likeness (QED) is 0.866. The molecule has 0 saturated heterocycles. The Balaban J connectivity index is 1.53. The van der Waals surface area contributed by atoms with Crippen molar-refractivity contribution in [3.63, 3.8) is 0 Å². The van der Waals surface area contributed by atoms with Crippen molar-refractivity contribution in [2.45, 2.75) is 64.0 Å². The molecule has 1 aromatic rings. The molecule has 0 aliphatic heterocycles. The maximum atomic E-state index is 12.2. The summed E-state index contributed by atoms with van der Waals surface area (Å²) in [7, 11) is 0. The van der Waals surface area contributed by atoms with Gasteiger partial charge in [-0.2, -0.15) is 0 Å². The Kier molecular flexibility index (Phi) is 4.47. The van der Waals surface area contributed by atoms with E-state index in [2.05, 4.69) is 10.6 Å². The van der Waals surface area contributed by atoms with E-state index >= 15 is 0 Å². The first-order valence-electron chi connectivity index (χ1n) is 8.37. The molecule has 1 atom stereocenters. The summed E-state index contributed by atoms with van der Waals surface area (Å²) in [6, 6.07) is 10.5. The van der Waals surface area contributed by atoms with Crippen molar-refractivity contribution >= 4 is 6.03 Å². The lowest BCUT2D eigenvalue weighted by Crippen LogP contribution is -2.51. The number of nitrogens with one attached hydrogen (secondary N) is 2. The van der Waals surface area contributed by atoms with Crippen LogP contribution in [0.4, 0.5) is 4.79 Å². The van der Waals surface area contributed by atoms with E-state index in [4.69, 9.17) is 0 Å². The Hall–Kier alpha value is -1.51. The smallest absolute Gasteiger partial charge is 0.315 e. The van der Waals surface area contributed by atoms with E-state index in [0.29, 0.717) is 18.0 Å². The predicted molar refractivity (Wildman–Crippen MR) is 85.0 cm³/mol. The molecule has 3 heteroatoms. The highest BCUT2D eigenvalue weighted by Gasteiger charge is 2.43. The molecule has 0 bridgehead atoms. The summed E-state index contributed by atoms with van der Waals surface area (Å²) in [6.45, 7) is 0.604. The monoisotopic (exact) mass is 286 g/mol. The standard InChI is InChI=1S/C18H26N2O/c21-17(19-14-15-8-2-1-3-9-15)20-16-10-4-5-11-18(16)12-6-7-13-18/h1-3,8-9,16H,4-7,10-14H2,(H2,19,20,21). The molecule has 3 nitrogen and oxygen atoms in total. The minimum absolute atomic E-state index is 0.00275. The Morgan fingerprint density at radius 3 is 2.43 bits per heavy atom. The molecule has 21 heavy (non-hydrogen) atoms. The average Bonchev–Trinajstić information content (AvgIpc) is 2.98. The van der Waals surface area contributed by atoms with Crippen molar-refractivity contribution in [1.82, 2.24) is 10.6 Å². The summed E-state index contributed by atoms with van der Waals surface area (Å²) in [5, 5.41) is 6.27. The van der Waals surface area contributed by atoms with Crippen molar-refractivity contribution in [2.75, 3.05) is 0 Å². The number of carbonyl (C=O) groups is 1. The van der Waals surface area contributed by atoms with E-state index < -0.39 is 0 Å². The largest absolute Gasteiger partial charge is 0.335 e. The summed E-state index contributed by atoms with van der Waals surface area (Å²) >= 11 is 0. The molecule has 2 aliphatic carbocycles. The summed E-state index contributed by atoms with van der Waals surface area (Å²) in [5.41, 5.74) is 1.55. The third-order valence-electron chi connectivity index (χ3n) is 5.36. The predicted octanol–water partition coefficient (Wildman–Crippen LogP) is 3.99. The number of rotatable bonds is 3. The maximum Gasteiger partial charge on any atom is 0.315 e. The van der Waals surface area contributed by atoms with Crippen LogP contribution in [-0.4, -0.2) is 12.1 Å². The molecule has 0 aromatic heterocycles. The average molecular weight is 286 g/mol. The Bertz CT molecular complexity index is 465. The molecule has 2 amide bonds. The highest BCUT2D eigenvalue weighted by molar-refractivity contribution is 5.74. The fourth-order valence-electron chi connectivity index (χ4n) is 4.20. The minimum Gasteiger partial charge on any atom is -0.335 e. The molecule has 2 fully saturated rings. The fraction of sp³-hybridized carbons (Fsp3) is 0.611. The summed E-state index contributed by atoms with van der Waals surface area (Å²) in [4.78, 5) is 12.2. The molecule has 2 aliphatic rings. The fourth-order valence-corrected chi connectivity index (χ4v) is 4.20. The van der Waals surface area contributed by atoms with Gasteiger partial charge in [0.1, 0.15) is 0 Å². The van der Waals surface area contributed by atoms with Crippen molar-refractivity contribution in [1.29, 1.82) is 0 Å². The van der Waals surface area contributed by atoms with Crippen LogP contribution in [0, 0.1) is 5.41 Å². The molecule has 1 aromatic carbocycles. The van der Waals surface area contributed by atoms with Crippen LogP contribution in [0.25, 0.3) is 0 Å². The lowest BCUT2D eigenvalue weighted by atomic mass is 9.69. The number of benzene rings is 1. The molecular formula is C18H26N2O. The number of carbonyl (C=O) groups excluding carboxylic acids is 1. The first kappa shape index (κ1) is 14.4. The van der Waals surface area contributed by atoms with Gasteiger partial charge in [-0.05, 0) is 36.7 Å². The van der Waals surface area contributed by atoms with Crippen molar-refractivity contribution in [3.05, 3.63) is 35.9 Å². The van der Waals surface area contributed by atoms with Gasteiger partial charge in [-0.1, -0.05) is 56.0 Å². The molecular weight excluding hydrogens is 260 g/mol. The zero-order valence-electron chi connectivity index (χ0n) is 12.7. The topological polar surface area (TPSA) is 41.1 Å². The van der Waals surface area contributed by atoms with E-state index in [0.717, 1.165) is 12.0 Å². The minimum atomic E-state index is -0.00275. The molecule has 2 saturated carbocycles.